The monoisotopic (exact) mass is 394 g/mol. The van der Waals surface area contributed by atoms with Crippen LogP contribution in [0.3, 0.4) is 0 Å². The van der Waals surface area contributed by atoms with Crippen LogP contribution in [-0.2, 0) is 12.7 Å². The number of amides is 1. The fourth-order valence-electron chi connectivity index (χ4n) is 3.64. The Bertz CT molecular complexity index is 831. The molecule has 2 heterocycles. The first-order chi connectivity index (χ1) is 13.3. The van der Waals surface area contributed by atoms with Crippen LogP contribution in [-0.4, -0.2) is 46.8 Å². The first kappa shape index (κ1) is 20.4. The number of carbonyl (C=O) groups is 1. The summed E-state index contributed by atoms with van der Waals surface area (Å²) in [4.78, 5) is 14.8. The van der Waals surface area contributed by atoms with Crippen molar-refractivity contribution in [2.75, 3.05) is 20.1 Å². The van der Waals surface area contributed by atoms with E-state index < -0.39 is 11.7 Å². The Hall–Kier alpha value is -2.35. The molecule has 5 nitrogen and oxygen atoms in total. The summed E-state index contributed by atoms with van der Waals surface area (Å²) in [7, 11) is 2.09. The number of likely N-dealkylation sites (tertiary alicyclic amines) is 1. The molecule has 1 N–H and O–H groups in total. The largest absolute Gasteiger partial charge is 0.416 e. The summed E-state index contributed by atoms with van der Waals surface area (Å²) in [5, 5.41) is 7.15. The average molecular weight is 394 g/mol. The van der Waals surface area contributed by atoms with Gasteiger partial charge in [-0.2, -0.15) is 18.3 Å². The number of aromatic nitrogens is 2. The molecular formula is C20H25F3N4O. The van der Waals surface area contributed by atoms with Crippen LogP contribution in [0.5, 0.6) is 0 Å². The van der Waals surface area contributed by atoms with Gasteiger partial charge in [0.1, 0.15) is 0 Å². The third-order valence-electron chi connectivity index (χ3n) is 5.23. The van der Waals surface area contributed by atoms with Gasteiger partial charge in [0.2, 0.25) is 0 Å². The predicted octanol–water partition coefficient (Wildman–Crippen LogP) is 3.80. The first-order valence-corrected chi connectivity index (χ1v) is 9.53. The quantitative estimate of drug-likeness (QED) is 0.811. The minimum Gasteiger partial charge on any atom is -0.351 e. The minimum absolute atomic E-state index is 0.217. The van der Waals surface area contributed by atoms with Crippen LogP contribution < -0.4 is 5.32 Å². The number of rotatable bonds is 6. The van der Waals surface area contributed by atoms with Gasteiger partial charge in [-0.05, 0) is 58.0 Å². The van der Waals surface area contributed by atoms with E-state index in [2.05, 4.69) is 22.4 Å². The Kier molecular flexibility index (Phi) is 6.07. The third kappa shape index (κ3) is 4.55. The molecule has 28 heavy (non-hydrogen) atoms. The van der Waals surface area contributed by atoms with Crippen molar-refractivity contribution in [3.8, 4) is 11.3 Å². The Morgan fingerprint density at radius 1 is 1.32 bits per heavy atom. The van der Waals surface area contributed by atoms with Gasteiger partial charge in [-0.1, -0.05) is 12.1 Å². The van der Waals surface area contributed by atoms with Gasteiger partial charge in [-0.3, -0.25) is 9.48 Å². The summed E-state index contributed by atoms with van der Waals surface area (Å²) >= 11 is 0. The molecule has 1 unspecified atom stereocenters. The number of hydrogen-bond acceptors (Lipinski definition) is 3. The number of halogens is 3. The van der Waals surface area contributed by atoms with Crippen LogP contribution in [0, 0.1) is 0 Å². The van der Waals surface area contributed by atoms with Crippen molar-refractivity contribution in [1.82, 2.24) is 20.0 Å². The Morgan fingerprint density at radius 3 is 2.75 bits per heavy atom. The lowest BCUT2D eigenvalue weighted by Crippen LogP contribution is -2.32. The fourth-order valence-corrected chi connectivity index (χ4v) is 3.64. The molecule has 0 bridgehead atoms. The number of hydrogen-bond donors (Lipinski definition) is 1. The van der Waals surface area contributed by atoms with Crippen molar-refractivity contribution in [2.45, 2.75) is 44.9 Å². The Balaban J connectivity index is 1.72. The molecule has 1 saturated heterocycles. The molecule has 152 valence electrons. The molecular weight excluding hydrogens is 369 g/mol. The second kappa shape index (κ2) is 8.34. The highest BCUT2D eigenvalue weighted by atomic mass is 19.4. The normalized spacial score (nSPS) is 17.8. The van der Waals surface area contributed by atoms with Crippen molar-refractivity contribution >= 4 is 5.91 Å². The van der Waals surface area contributed by atoms with Crippen LogP contribution in [0.1, 0.15) is 42.2 Å². The van der Waals surface area contributed by atoms with E-state index in [9.17, 15) is 18.0 Å². The Morgan fingerprint density at radius 2 is 2.11 bits per heavy atom. The van der Waals surface area contributed by atoms with Gasteiger partial charge in [0, 0.05) is 24.7 Å². The standard InChI is InChI=1S/C20H25F3N4O/c1-3-27-18(14-6-4-7-15(12-14)20(21,22)23)13-17(25-27)19(28)24-10-9-16-8-5-11-26(16)2/h4,6-7,12-13,16H,3,5,8-11H2,1-2H3,(H,24,28). The van der Waals surface area contributed by atoms with Gasteiger partial charge in [0.25, 0.3) is 5.91 Å². The summed E-state index contributed by atoms with van der Waals surface area (Å²) in [6.07, 6.45) is -1.23. The van der Waals surface area contributed by atoms with Gasteiger partial charge in [-0.15, -0.1) is 0 Å². The van der Waals surface area contributed by atoms with Crippen molar-refractivity contribution in [3.05, 3.63) is 41.6 Å². The summed E-state index contributed by atoms with van der Waals surface area (Å²) in [5.41, 5.74) is 0.375. The summed E-state index contributed by atoms with van der Waals surface area (Å²) in [6.45, 7) is 3.92. The summed E-state index contributed by atoms with van der Waals surface area (Å²) < 4.78 is 40.6. The number of alkyl halides is 3. The van der Waals surface area contributed by atoms with Gasteiger partial charge in [0.05, 0.1) is 11.3 Å². The fraction of sp³-hybridized carbons (Fsp3) is 0.500. The average Bonchev–Trinajstić information content (AvgIpc) is 3.27. The lowest BCUT2D eigenvalue weighted by atomic mass is 10.1. The predicted molar refractivity (Wildman–Crippen MR) is 101 cm³/mol. The third-order valence-corrected chi connectivity index (χ3v) is 5.23. The first-order valence-electron chi connectivity index (χ1n) is 9.53. The zero-order valence-electron chi connectivity index (χ0n) is 16.1. The topological polar surface area (TPSA) is 50.2 Å². The van der Waals surface area contributed by atoms with E-state index in [0.29, 0.717) is 30.4 Å². The van der Waals surface area contributed by atoms with E-state index in [1.54, 1.807) is 16.8 Å². The maximum absolute atomic E-state index is 13.0. The zero-order valence-corrected chi connectivity index (χ0v) is 16.1. The number of nitrogens with one attached hydrogen (secondary N) is 1. The molecule has 0 aliphatic carbocycles. The highest BCUT2D eigenvalue weighted by Gasteiger charge is 2.30. The van der Waals surface area contributed by atoms with Crippen molar-refractivity contribution in [3.63, 3.8) is 0 Å². The number of benzene rings is 1. The van der Waals surface area contributed by atoms with E-state index >= 15 is 0 Å². The number of nitrogens with zero attached hydrogens (tertiary/aromatic N) is 3. The second-order valence-electron chi connectivity index (χ2n) is 7.13. The van der Waals surface area contributed by atoms with Gasteiger partial charge < -0.3 is 10.2 Å². The van der Waals surface area contributed by atoms with E-state index in [0.717, 1.165) is 31.5 Å². The molecule has 1 amide bonds. The molecule has 1 aromatic heterocycles. The second-order valence-corrected chi connectivity index (χ2v) is 7.13. The number of aryl methyl sites for hydroxylation is 1. The highest BCUT2D eigenvalue weighted by molar-refractivity contribution is 5.93. The van der Waals surface area contributed by atoms with Gasteiger partial charge >= 0.3 is 6.18 Å². The van der Waals surface area contributed by atoms with Crippen LogP contribution in [0.15, 0.2) is 30.3 Å². The molecule has 8 heteroatoms. The van der Waals surface area contributed by atoms with Crippen LogP contribution in [0.2, 0.25) is 0 Å². The van der Waals surface area contributed by atoms with E-state index in [1.807, 2.05) is 6.92 Å². The van der Waals surface area contributed by atoms with Gasteiger partial charge in [0.15, 0.2) is 5.69 Å². The van der Waals surface area contributed by atoms with Crippen molar-refractivity contribution in [1.29, 1.82) is 0 Å². The molecule has 1 aliphatic heterocycles. The maximum Gasteiger partial charge on any atom is 0.416 e. The van der Waals surface area contributed by atoms with Gasteiger partial charge in [-0.25, -0.2) is 0 Å². The van der Waals surface area contributed by atoms with E-state index in [1.165, 1.54) is 12.5 Å². The molecule has 2 aromatic rings. The smallest absolute Gasteiger partial charge is 0.351 e. The van der Waals surface area contributed by atoms with Crippen molar-refractivity contribution in [2.24, 2.45) is 0 Å². The molecule has 1 aromatic carbocycles. The lowest BCUT2D eigenvalue weighted by Gasteiger charge is -2.19. The Labute approximate surface area is 162 Å². The summed E-state index contributed by atoms with van der Waals surface area (Å²) in [6, 6.07) is 7.11. The lowest BCUT2D eigenvalue weighted by molar-refractivity contribution is -0.137. The summed E-state index contributed by atoms with van der Waals surface area (Å²) in [5.74, 6) is -0.305. The minimum atomic E-state index is -4.42. The molecule has 3 rings (SSSR count). The maximum atomic E-state index is 13.0. The van der Waals surface area contributed by atoms with E-state index in [4.69, 9.17) is 0 Å². The SMILES string of the molecule is CCn1nc(C(=O)NCCC2CCCN2C)cc1-c1cccc(C(F)(F)F)c1. The number of carbonyl (C=O) groups excluding carboxylic acids is 1. The molecule has 0 saturated carbocycles. The molecule has 1 atom stereocenters. The molecule has 1 fully saturated rings. The molecule has 1 aliphatic rings. The van der Waals surface area contributed by atoms with Crippen LogP contribution in [0.25, 0.3) is 11.3 Å². The highest BCUT2D eigenvalue weighted by Crippen LogP contribution is 2.32. The van der Waals surface area contributed by atoms with Crippen LogP contribution >= 0.6 is 0 Å². The van der Waals surface area contributed by atoms with Crippen LogP contribution in [0.4, 0.5) is 13.2 Å². The zero-order chi connectivity index (χ0) is 20.3. The van der Waals surface area contributed by atoms with Crippen molar-refractivity contribution < 1.29 is 18.0 Å². The molecule has 0 radical (unpaired) electrons. The molecule has 0 spiro atoms. The van der Waals surface area contributed by atoms with E-state index in [-0.39, 0.29) is 11.6 Å².